The summed E-state index contributed by atoms with van der Waals surface area (Å²) in [6.07, 6.45) is 4.84. The molecule has 1 atom stereocenters. The van der Waals surface area contributed by atoms with Crippen molar-refractivity contribution in [3.63, 3.8) is 0 Å². The molecule has 0 aliphatic heterocycles. The van der Waals surface area contributed by atoms with Crippen LogP contribution in [-0.2, 0) is 0 Å². The zero-order chi connectivity index (χ0) is 27.4. The Morgan fingerprint density at radius 1 is 1.13 bits per heavy atom. The Hall–Kier alpha value is -4.71. The van der Waals surface area contributed by atoms with Crippen LogP contribution < -0.4 is 16.2 Å². The van der Waals surface area contributed by atoms with Gasteiger partial charge >= 0.3 is 0 Å². The van der Waals surface area contributed by atoms with E-state index in [4.69, 9.17) is 15.8 Å². The third-order valence-electron chi connectivity index (χ3n) is 6.50. The number of halogens is 1. The van der Waals surface area contributed by atoms with Crippen LogP contribution in [0.15, 0.2) is 59.9 Å². The number of aryl methyl sites for hydroxylation is 1. The normalized spacial score (nSPS) is 12.3. The van der Waals surface area contributed by atoms with Gasteiger partial charge in [0.15, 0.2) is 10.8 Å². The number of hydrogen-bond acceptors (Lipinski definition) is 9. The molecule has 0 fully saturated rings. The van der Waals surface area contributed by atoms with Crippen molar-refractivity contribution in [2.75, 3.05) is 24.7 Å². The van der Waals surface area contributed by atoms with Crippen molar-refractivity contribution in [1.29, 1.82) is 0 Å². The third kappa shape index (κ3) is 4.09. The summed E-state index contributed by atoms with van der Waals surface area (Å²) in [7, 11) is 3.83. The van der Waals surface area contributed by atoms with Crippen LogP contribution in [0.25, 0.3) is 38.4 Å². The van der Waals surface area contributed by atoms with E-state index in [-0.39, 0.29) is 16.9 Å². The van der Waals surface area contributed by atoms with Gasteiger partial charge in [0.25, 0.3) is 5.56 Å². The maximum absolute atomic E-state index is 14.3. The minimum Gasteiger partial charge on any atom is -0.383 e. The van der Waals surface area contributed by atoms with Crippen molar-refractivity contribution in [2.45, 2.75) is 19.9 Å². The monoisotopic (exact) mass is 541 g/mol. The van der Waals surface area contributed by atoms with E-state index in [1.165, 1.54) is 34.2 Å². The molecule has 0 spiro atoms. The molecular formula is C27H24FN9OS. The molecule has 0 saturated carbocycles. The maximum atomic E-state index is 14.3. The van der Waals surface area contributed by atoms with Gasteiger partial charge in [-0.1, -0.05) is 29.5 Å². The number of nitrogens with zero attached hydrogens (tertiary/aromatic N) is 8. The van der Waals surface area contributed by atoms with Crippen LogP contribution in [0.5, 0.6) is 0 Å². The molecule has 0 aliphatic rings. The Morgan fingerprint density at radius 2 is 1.95 bits per heavy atom. The predicted octanol–water partition coefficient (Wildman–Crippen LogP) is 4.33. The molecule has 5 aromatic heterocycles. The number of anilines is 2. The van der Waals surface area contributed by atoms with Crippen LogP contribution >= 0.6 is 11.3 Å². The summed E-state index contributed by atoms with van der Waals surface area (Å²) in [5.74, 6) is -0.172. The lowest BCUT2D eigenvalue weighted by molar-refractivity contribution is 0.567. The number of benzene rings is 1. The lowest BCUT2D eigenvalue weighted by atomic mass is 10.0. The average Bonchev–Trinajstić information content (AvgIpc) is 3.55. The van der Waals surface area contributed by atoms with E-state index in [9.17, 15) is 9.18 Å². The quantitative estimate of drug-likeness (QED) is 0.343. The number of nitrogens with two attached hydrogens (primary N) is 1. The van der Waals surface area contributed by atoms with Crippen LogP contribution in [0.3, 0.4) is 0 Å². The lowest BCUT2D eigenvalue weighted by Gasteiger charge is -2.18. The van der Waals surface area contributed by atoms with Gasteiger partial charge in [-0.3, -0.25) is 9.20 Å². The number of fused-ring (bicyclic) bond motifs is 2. The molecule has 0 unspecified atom stereocenters. The van der Waals surface area contributed by atoms with Crippen LogP contribution in [0, 0.1) is 12.7 Å². The van der Waals surface area contributed by atoms with E-state index in [2.05, 4.69) is 15.0 Å². The van der Waals surface area contributed by atoms with Crippen LogP contribution in [0.4, 0.5) is 15.3 Å². The summed E-state index contributed by atoms with van der Waals surface area (Å²) in [6.45, 7) is 3.77. The van der Waals surface area contributed by atoms with E-state index in [1.54, 1.807) is 35.3 Å². The molecule has 6 rings (SSSR count). The standard InChI is InChI=1S/C27H24FN9OS/c1-14-8-9-19-33-22(20(26(38)36(19)12-14)16-6-5-7-17(28)10-16)15(2)37-25-21(24(29)31-13-32-25)23(34-37)18-11-30-27(39-18)35(3)4/h5-13,15H,1-4H3,(H2,29,31,32)/t15-/m0/s1. The molecule has 6 aromatic rings. The first kappa shape index (κ1) is 24.6. The largest absolute Gasteiger partial charge is 0.383 e. The smallest absolute Gasteiger partial charge is 0.266 e. The van der Waals surface area contributed by atoms with E-state index < -0.39 is 11.9 Å². The molecule has 0 amide bonds. The highest BCUT2D eigenvalue weighted by atomic mass is 32.1. The summed E-state index contributed by atoms with van der Waals surface area (Å²) in [5.41, 5.74) is 9.59. The molecule has 0 saturated heterocycles. The number of thiazole rings is 1. The fourth-order valence-electron chi connectivity index (χ4n) is 4.61. The highest BCUT2D eigenvalue weighted by Gasteiger charge is 2.27. The maximum Gasteiger partial charge on any atom is 0.266 e. The SMILES string of the molecule is Cc1ccc2nc([C@H](C)n3nc(-c4cnc(N(C)C)s4)c4c(N)ncnc43)c(-c3cccc(F)c3)c(=O)n2c1. The molecule has 10 nitrogen and oxygen atoms in total. The van der Waals surface area contributed by atoms with Crippen LogP contribution in [0.1, 0.15) is 24.2 Å². The van der Waals surface area contributed by atoms with Crippen molar-refractivity contribution in [1.82, 2.24) is 34.1 Å². The lowest BCUT2D eigenvalue weighted by Crippen LogP contribution is -2.23. The highest BCUT2D eigenvalue weighted by Crippen LogP contribution is 2.38. The van der Waals surface area contributed by atoms with Gasteiger partial charge in [-0.15, -0.1) is 0 Å². The van der Waals surface area contributed by atoms with Crippen molar-refractivity contribution < 1.29 is 4.39 Å². The number of hydrogen-bond donors (Lipinski definition) is 1. The predicted molar refractivity (Wildman–Crippen MR) is 151 cm³/mol. The van der Waals surface area contributed by atoms with E-state index in [0.29, 0.717) is 33.6 Å². The van der Waals surface area contributed by atoms with Gasteiger partial charge in [0.05, 0.1) is 27.6 Å². The van der Waals surface area contributed by atoms with Gasteiger partial charge in [0.2, 0.25) is 0 Å². The molecule has 0 radical (unpaired) electrons. The second-order valence-corrected chi connectivity index (χ2v) is 10.5. The summed E-state index contributed by atoms with van der Waals surface area (Å²) >= 11 is 1.46. The Balaban J connectivity index is 1.63. The van der Waals surface area contributed by atoms with Crippen LogP contribution in [0.2, 0.25) is 0 Å². The molecule has 39 heavy (non-hydrogen) atoms. The second kappa shape index (κ2) is 9.24. The van der Waals surface area contributed by atoms with Crippen molar-refractivity contribution >= 4 is 39.0 Å². The zero-order valence-electron chi connectivity index (χ0n) is 21.6. The van der Waals surface area contributed by atoms with Gasteiger partial charge in [-0.05, 0) is 43.2 Å². The second-order valence-electron chi connectivity index (χ2n) is 9.45. The van der Waals surface area contributed by atoms with Gasteiger partial charge in [-0.25, -0.2) is 29.0 Å². The minimum atomic E-state index is -0.575. The van der Waals surface area contributed by atoms with E-state index in [1.807, 2.05) is 38.9 Å². The zero-order valence-corrected chi connectivity index (χ0v) is 22.4. The van der Waals surface area contributed by atoms with Gasteiger partial charge in [0, 0.05) is 26.5 Å². The van der Waals surface area contributed by atoms with E-state index >= 15 is 0 Å². The minimum absolute atomic E-state index is 0.278. The fraction of sp³-hybridized carbons (Fsp3) is 0.185. The highest BCUT2D eigenvalue weighted by molar-refractivity contribution is 7.19. The van der Waals surface area contributed by atoms with Crippen LogP contribution in [-0.4, -0.2) is 48.2 Å². The Kier molecular flexibility index (Phi) is 5.83. The molecule has 5 heterocycles. The first-order chi connectivity index (χ1) is 18.7. The summed E-state index contributed by atoms with van der Waals surface area (Å²) < 4.78 is 17.5. The summed E-state index contributed by atoms with van der Waals surface area (Å²) in [4.78, 5) is 34.6. The van der Waals surface area contributed by atoms with Crippen molar-refractivity contribution in [2.24, 2.45) is 0 Å². The Bertz CT molecular complexity index is 1940. The molecule has 2 N–H and O–H groups in total. The Morgan fingerprint density at radius 3 is 2.69 bits per heavy atom. The summed E-state index contributed by atoms with van der Waals surface area (Å²) in [6, 6.07) is 9.05. The topological polar surface area (TPSA) is 120 Å². The first-order valence-corrected chi connectivity index (χ1v) is 13.0. The number of aromatic nitrogens is 7. The first-order valence-electron chi connectivity index (χ1n) is 12.1. The third-order valence-corrected chi connectivity index (χ3v) is 7.67. The van der Waals surface area contributed by atoms with Gasteiger partial charge in [0.1, 0.15) is 29.3 Å². The number of rotatable bonds is 5. The van der Waals surface area contributed by atoms with Crippen molar-refractivity contribution in [3.8, 4) is 21.7 Å². The van der Waals surface area contributed by atoms with Gasteiger partial charge < -0.3 is 10.6 Å². The Labute approximate surface area is 226 Å². The van der Waals surface area contributed by atoms with E-state index in [0.717, 1.165) is 15.6 Å². The molecule has 0 bridgehead atoms. The average molecular weight is 542 g/mol. The molecular weight excluding hydrogens is 517 g/mol. The number of nitrogen functional groups attached to an aromatic ring is 1. The molecule has 1 aromatic carbocycles. The molecule has 0 aliphatic carbocycles. The molecule has 196 valence electrons. The number of pyridine rings is 1. The summed E-state index contributed by atoms with van der Waals surface area (Å²) in [5, 5.41) is 6.30. The molecule has 12 heteroatoms. The van der Waals surface area contributed by atoms with Crippen molar-refractivity contribution in [3.05, 3.63) is 82.5 Å². The fourth-order valence-corrected chi connectivity index (χ4v) is 5.44. The van der Waals surface area contributed by atoms with Gasteiger partial charge in [-0.2, -0.15) is 5.10 Å².